The van der Waals surface area contributed by atoms with Crippen molar-refractivity contribution in [2.75, 3.05) is 31.3 Å². The van der Waals surface area contributed by atoms with Gasteiger partial charge in [-0.2, -0.15) is 4.98 Å². The normalized spacial score (nSPS) is 31.7. The van der Waals surface area contributed by atoms with E-state index in [0.717, 1.165) is 27.9 Å². The molecule has 3 aliphatic heterocycles. The van der Waals surface area contributed by atoms with E-state index in [4.69, 9.17) is 43.8 Å². The first-order valence-electron chi connectivity index (χ1n) is 17.4. The molecule has 0 aromatic carbocycles. The Bertz CT molecular complexity index is 2470. The largest absolute Gasteiger partial charge is 0.472 e. The van der Waals surface area contributed by atoms with Crippen molar-refractivity contribution >= 4 is 38.4 Å². The number of hydrogen-bond acceptors (Lipinski definition) is 22. The molecule has 28 nitrogen and oxygen atoms in total. The molecule has 0 spiro atoms. The van der Waals surface area contributed by atoms with E-state index in [-0.39, 0.29) is 28.4 Å². The highest BCUT2D eigenvalue weighted by Gasteiger charge is 2.51. The number of hydrogen-bond donors (Lipinski definition) is 9. The first-order valence-corrected chi connectivity index (χ1v) is 20.4. The van der Waals surface area contributed by atoms with Crippen molar-refractivity contribution in [1.29, 1.82) is 0 Å². The molecule has 13 atom stereocenters. The molecule has 3 fully saturated rings. The van der Waals surface area contributed by atoms with Gasteiger partial charge in [-0.1, -0.05) is 0 Å². The van der Waals surface area contributed by atoms with Crippen molar-refractivity contribution in [2.45, 2.75) is 80.9 Å². The van der Waals surface area contributed by atoms with Crippen LogP contribution in [0.1, 0.15) is 30.7 Å². The fourth-order valence-electron chi connectivity index (χ4n) is 6.65. The molecule has 0 radical (unpaired) electrons. The van der Waals surface area contributed by atoms with E-state index in [1.54, 1.807) is 0 Å². The van der Waals surface area contributed by atoms with E-state index in [1.807, 2.05) is 0 Å². The summed E-state index contributed by atoms with van der Waals surface area (Å²) < 4.78 is 67.4. The molecule has 4 aromatic heterocycles. The van der Waals surface area contributed by atoms with Crippen LogP contribution in [0, 0.1) is 6.92 Å². The number of aliphatic hydroxyl groups is 4. The fourth-order valence-corrected chi connectivity index (χ4v) is 8.58. The molecule has 0 bridgehead atoms. The number of phosphoric acid groups is 2. The lowest BCUT2D eigenvalue weighted by atomic mass is 10.1. The molecule has 4 aromatic rings. The van der Waals surface area contributed by atoms with E-state index in [2.05, 4.69) is 24.9 Å². The molecule has 3 aliphatic rings. The van der Waals surface area contributed by atoms with Crippen molar-refractivity contribution in [1.82, 2.24) is 38.6 Å². The Morgan fingerprint density at radius 1 is 0.881 bits per heavy atom. The number of aromatic nitrogens is 8. The van der Waals surface area contributed by atoms with E-state index in [9.17, 15) is 53.7 Å². The topological polar surface area (TPSA) is 406 Å². The van der Waals surface area contributed by atoms with Crippen LogP contribution in [0.15, 0.2) is 45.5 Å². The quantitative estimate of drug-likeness (QED) is 0.0550. The number of nitrogens with two attached hydrogens (primary N) is 2. The summed E-state index contributed by atoms with van der Waals surface area (Å²) in [6.07, 6.45) is -12.8. The number of nitrogens with one attached hydrogen (secondary N) is 1. The zero-order valence-electron chi connectivity index (χ0n) is 30.3. The summed E-state index contributed by atoms with van der Waals surface area (Å²) in [5.74, 6) is -0.102. The zero-order valence-corrected chi connectivity index (χ0v) is 32.1. The predicted molar refractivity (Wildman–Crippen MR) is 191 cm³/mol. The number of rotatable bonds is 14. The van der Waals surface area contributed by atoms with Crippen molar-refractivity contribution in [3.05, 3.63) is 68.0 Å². The first kappa shape index (κ1) is 42.8. The van der Waals surface area contributed by atoms with Crippen LogP contribution in [0.2, 0.25) is 0 Å². The number of aryl methyl sites for hydroxylation is 1. The number of aromatic amines is 1. The SMILES string of the molecule is Cc1cn([C@H]2C[C@H](OP(=O)(O)OC[C@H]3O[C@@H](n4cnc5c(N)ncnc54)[C@H](O)[C@@H]3O)[C@@H](COP(=O)(O)O[C@H]3[C@@H](O)[C@H](n4ccc(N)nc4=O)O[C@@H]3CO)O2)c(=O)[nH]c1=O. The third-order valence-electron chi connectivity index (χ3n) is 9.58. The van der Waals surface area contributed by atoms with Crippen LogP contribution in [-0.2, 0) is 41.4 Å². The first-order chi connectivity index (χ1) is 27.9. The number of H-pyrrole nitrogens is 1. The van der Waals surface area contributed by atoms with Crippen molar-refractivity contribution in [3.8, 4) is 0 Å². The summed E-state index contributed by atoms with van der Waals surface area (Å²) in [5, 5.41) is 42.3. The summed E-state index contributed by atoms with van der Waals surface area (Å²) in [6.45, 7) is -1.25. The lowest BCUT2D eigenvalue weighted by molar-refractivity contribution is -0.0626. The number of nitrogen functional groups attached to an aromatic ring is 2. The molecular formula is C29H38N10O18P2. The molecule has 2 unspecified atom stereocenters. The van der Waals surface area contributed by atoms with Gasteiger partial charge in [-0.15, -0.1) is 0 Å². The van der Waals surface area contributed by atoms with Crippen LogP contribution in [-0.4, -0.2) is 137 Å². The zero-order chi connectivity index (χ0) is 42.6. The number of imidazole rings is 1. The van der Waals surface area contributed by atoms with Gasteiger partial charge < -0.3 is 55.9 Å². The molecule has 0 saturated carbocycles. The highest BCUT2D eigenvalue weighted by atomic mass is 31.2. The molecule has 7 rings (SSSR count). The molecule has 322 valence electrons. The van der Waals surface area contributed by atoms with Gasteiger partial charge in [-0.3, -0.25) is 41.6 Å². The third-order valence-corrected chi connectivity index (χ3v) is 11.6. The summed E-state index contributed by atoms with van der Waals surface area (Å²) in [7, 11) is -10.5. The maximum atomic E-state index is 13.3. The van der Waals surface area contributed by atoms with E-state index in [0.29, 0.717) is 0 Å². The summed E-state index contributed by atoms with van der Waals surface area (Å²) in [4.78, 5) is 76.2. The number of anilines is 2. The van der Waals surface area contributed by atoms with Crippen LogP contribution < -0.4 is 28.4 Å². The second-order valence-corrected chi connectivity index (χ2v) is 16.3. The van der Waals surface area contributed by atoms with Crippen LogP contribution >= 0.6 is 15.6 Å². The Kier molecular flexibility index (Phi) is 12.0. The Labute approximate surface area is 328 Å². The Hall–Kier alpha value is -4.35. The minimum Gasteiger partial charge on any atom is -0.394 e. The molecule has 59 heavy (non-hydrogen) atoms. The fraction of sp³-hybridized carbons (Fsp3) is 0.552. The Morgan fingerprint density at radius 2 is 1.56 bits per heavy atom. The van der Waals surface area contributed by atoms with Gasteiger partial charge in [0.1, 0.15) is 72.7 Å². The average molecular weight is 877 g/mol. The smallest absolute Gasteiger partial charge is 0.394 e. The Morgan fingerprint density at radius 3 is 2.27 bits per heavy atom. The molecule has 0 amide bonds. The number of phosphoric ester groups is 2. The second kappa shape index (κ2) is 16.6. The number of nitrogens with zero attached hydrogens (tertiary/aromatic N) is 7. The van der Waals surface area contributed by atoms with Crippen LogP contribution in [0.25, 0.3) is 11.2 Å². The van der Waals surface area contributed by atoms with Gasteiger partial charge in [0.25, 0.3) is 5.56 Å². The molecule has 11 N–H and O–H groups in total. The van der Waals surface area contributed by atoms with Gasteiger partial charge in [0.15, 0.2) is 23.9 Å². The minimum atomic E-state index is -5.28. The van der Waals surface area contributed by atoms with Gasteiger partial charge in [0, 0.05) is 24.4 Å². The van der Waals surface area contributed by atoms with Crippen LogP contribution in [0.3, 0.4) is 0 Å². The van der Waals surface area contributed by atoms with E-state index < -0.39 is 126 Å². The number of aliphatic hydroxyl groups excluding tert-OH is 4. The summed E-state index contributed by atoms with van der Waals surface area (Å²) in [6, 6.07) is 1.22. The van der Waals surface area contributed by atoms with Gasteiger partial charge in [-0.05, 0) is 13.0 Å². The van der Waals surface area contributed by atoms with Crippen molar-refractivity contribution in [2.24, 2.45) is 0 Å². The lowest BCUT2D eigenvalue weighted by Crippen LogP contribution is -2.37. The third kappa shape index (κ3) is 8.78. The van der Waals surface area contributed by atoms with Crippen molar-refractivity contribution < 1.29 is 71.6 Å². The van der Waals surface area contributed by atoms with Gasteiger partial charge in [0.05, 0.1) is 26.1 Å². The molecule has 30 heteroatoms. The van der Waals surface area contributed by atoms with E-state index >= 15 is 0 Å². The van der Waals surface area contributed by atoms with Gasteiger partial charge in [0.2, 0.25) is 0 Å². The summed E-state index contributed by atoms with van der Waals surface area (Å²) in [5.41, 5.74) is 9.15. The minimum absolute atomic E-state index is 0.0369. The van der Waals surface area contributed by atoms with Crippen LogP contribution in [0.4, 0.5) is 11.6 Å². The number of fused-ring (bicyclic) bond motifs is 1. The molecule has 7 heterocycles. The molecule has 3 saturated heterocycles. The summed E-state index contributed by atoms with van der Waals surface area (Å²) >= 11 is 0. The molecule has 0 aliphatic carbocycles. The maximum absolute atomic E-state index is 13.3. The average Bonchev–Trinajstić information content (AvgIpc) is 3.93. The standard InChI is InChI=1S/C29H38N10O18P2/c1-11-5-38(29(46)36-25(11)44)17-4-12(56-58(47,48)52-8-15-19(41)20(42)26(55-15)39-10-34-18-23(31)32-9-33-24(18)39)14(53-17)7-51-59(49,50)57-22-13(6-40)54-27(21(22)43)37-3-2-16(30)35-28(37)45/h2-3,5,9-10,12-15,17,19-22,26-27,40-43H,4,6-8H2,1H3,(H,47,48)(H,49,50)(H2,30,35,45)(H2,31,32,33)(H,36,44,46)/t12-,13+,14+,15+,17+,19+,20+,21+,22+,26+,27+/m0/s1. The van der Waals surface area contributed by atoms with Crippen LogP contribution in [0.5, 0.6) is 0 Å². The highest BCUT2D eigenvalue weighted by molar-refractivity contribution is 7.47. The van der Waals surface area contributed by atoms with Gasteiger partial charge in [-0.25, -0.2) is 33.7 Å². The maximum Gasteiger partial charge on any atom is 0.472 e. The van der Waals surface area contributed by atoms with Gasteiger partial charge >= 0.3 is 27.0 Å². The predicted octanol–water partition coefficient (Wildman–Crippen LogP) is -3.73. The number of ether oxygens (including phenoxy) is 3. The molecular weight excluding hydrogens is 838 g/mol. The monoisotopic (exact) mass is 876 g/mol. The van der Waals surface area contributed by atoms with E-state index in [1.165, 1.54) is 23.9 Å². The Balaban J connectivity index is 1.04. The lowest BCUT2D eigenvalue weighted by Gasteiger charge is -2.25. The van der Waals surface area contributed by atoms with Crippen molar-refractivity contribution in [3.63, 3.8) is 0 Å². The highest BCUT2D eigenvalue weighted by Crippen LogP contribution is 2.52. The second-order valence-electron chi connectivity index (χ2n) is 13.5.